The number of rotatable bonds is 3. The lowest BCUT2D eigenvalue weighted by molar-refractivity contribution is -0.0300. The van der Waals surface area contributed by atoms with Gasteiger partial charge < -0.3 is 20.7 Å². The van der Waals surface area contributed by atoms with Crippen LogP contribution in [0, 0.1) is 6.92 Å². The van der Waals surface area contributed by atoms with Gasteiger partial charge in [0.2, 0.25) is 0 Å². The van der Waals surface area contributed by atoms with Crippen molar-refractivity contribution in [3.8, 4) is 0 Å². The second-order valence-corrected chi connectivity index (χ2v) is 14.5. The Bertz CT molecular complexity index is 734. The maximum Gasteiger partial charge on any atom is 0.167 e. The van der Waals surface area contributed by atoms with Crippen molar-refractivity contribution in [3.63, 3.8) is 0 Å². The number of ether oxygens (including phenoxy) is 1. The minimum absolute atomic E-state index is 0.271. The molecule has 0 aliphatic carbocycles. The summed E-state index contributed by atoms with van der Waals surface area (Å²) in [6.45, 7) is 1.77. The highest BCUT2D eigenvalue weighted by Gasteiger charge is 2.45. The highest BCUT2D eigenvalue weighted by molar-refractivity contribution is 9.58. The van der Waals surface area contributed by atoms with E-state index in [0.717, 1.165) is 0 Å². The van der Waals surface area contributed by atoms with E-state index >= 15 is 0 Å². The molecule has 1 saturated heterocycles. The molecular formula is C13H20BrN5O3S. The summed E-state index contributed by atoms with van der Waals surface area (Å²) < 4.78 is 7.61. The van der Waals surface area contributed by atoms with Crippen LogP contribution in [0.2, 0.25) is 0 Å². The number of fused-ring (bicyclic) bond motifs is 1. The molecule has 3 heterocycles. The van der Waals surface area contributed by atoms with E-state index in [0.29, 0.717) is 22.7 Å². The van der Waals surface area contributed by atoms with Crippen molar-refractivity contribution in [1.82, 2.24) is 19.5 Å². The average molecular weight is 406 g/mol. The lowest BCUT2D eigenvalue weighted by Crippen LogP contribution is -2.33. The van der Waals surface area contributed by atoms with Crippen LogP contribution in [-0.4, -0.2) is 66.3 Å². The summed E-state index contributed by atoms with van der Waals surface area (Å²) in [4.78, 5) is 12.5. The van der Waals surface area contributed by atoms with Crippen molar-refractivity contribution in [2.45, 2.75) is 31.5 Å². The van der Waals surface area contributed by atoms with Crippen molar-refractivity contribution >= 4 is 40.3 Å². The van der Waals surface area contributed by atoms with Crippen LogP contribution in [0.1, 0.15) is 12.1 Å². The Balaban J connectivity index is 1.99. The Morgan fingerprint density at radius 2 is 2.04 bits per heavy atom. The molecule has 0 radical (unpaired) electrons. The first kappa shape index (κ1) is 16.9. The summed E-state index contributed by atoms with van der Waals surface area (Å²) in [7, 11) is -1.07. The normalized spacial score (nSPS) is 29.3. The van der Waals surface area contributed by atoms with Gasteiger partial charge in [-0.15, -0.1) is 0 Å². The van der Waals surface area contributed by atoms with Crippen molar-refractivity contribution in [3.05, 3.63) is 12.2 Å². The predicted octanol–water partition coefficient (Wildman–Crippen LogP) is 0.710. The molecule has 0 amide bonds. The zero-order chi connectivity index (χ0) is 16.9. The van der Waals surface area contributed by atoms with Gasteiger partial charge in [0.15, 0.2) is 23.2 Å². The molecule has 0 bridgehead atoms. The van der Waals surface area contributed by atoms with E-state index < -0.39 is 33.0 Å². The molecule has 4 N–H and O–H groups in total. The Hall–Kier alpha value is -0.940. The second-order valence-electron chi connectivity index (χ2n) is 6.08. The van der Waals surface area contributed by atoms with Crippen molar-refractivity contribution < 1.29 is 14.9 Å². The van der Waals surface area contributed by atoms with Crippen LogP contribution in [-0.2, 0) is 4.74 Å². The number of aromatic nitrogens is 4. The van der Waals surface area contributed by atoms with Crippen LogP contribution in [0.15, 0.2) is 6.33 Å². The molecule has 2 aromatic rings. The molecule has 4 atom stereocenters. The average Bonchev–Trinajstić information content (AvgIpc) is 2.90. The van der Waals surface area contributed by atoms with Gasteiger partial charge in [0.25, 0.3) is 0 Å². The molecule has 23 heavy (non-hydrogen) atoms. The monoisotopic (exact) mass is 405 g/mol. The number of hydrogen-bond donors (Lipinski definition) is 3. The standard InChI is InChI=1S/C13H20BrN5O3S/c1-6-18-8-11(15)16-5-17-12(8)19(6)13-10(21)9(20)7(22-13)4-23(2,3)14/h5,7,9-10,13,20-21H,4H2,1-3H3,(H2,15,16,17)/t7-,9-,10-,13-/m1/s1. The van der Waals surface area contributed by atoms with Crippen LogP contribution >= 0.6 is 23.3 Å². The van der Waals surface area contributed by atoms with E-state index in [-0.39, 0.29) is 5.82 Å². The number of hydrogen-bond acceptors (Lipinski definition) is 7. The number of aliphatic hydroxyl groups is 2. The third-order valence-electron chi connectivity index (χ3n) is 3.83. The number of nitrogens with zero attached hydrogens (tertiary/aromatic N) is 4. The molecule has 2 aromatic heterocycles. The molecule has 0 aromatic carbocycles. The van der Waals surface area contributed by atoms with E-state index in [1.54, 1.807) is 11.5 Å². The molecule has 0 saturated carbocycles. The van der Waals surface area contributed by atoms with Gasteiger partial charge in [-0.25, -0.2) is 15.0 Å². The summed E-state index contributed by atoms with van der Waals surface area (Å²) >= 11 is 3.62. The number of imidazole rings is 1. The second kappa shape index (κ2) is 5.85. The molecule has 1 fully saturated rings. The smallest absolute Gasteiger partial charge is 0.167 e. The Morgan fingerprint density at radius 1 is 1.35 bits per heavy atom. The highest BCUT2D eigenvalue weighted by Crippen LogP contribution is 2.51. The predicted molar refractivity (Wildman–Crippen MR) is 93.6 cm³/mol. The number of anilines is 1. The van der Waals surface area contributed by atoms with Gasteiger partial charge in [0.05, 0.1) is 6.10 Å². The van der Waals surface area contributed by atoms with Gasteiger partial charge in [-0.2, -0.15) is 8.46 Å². The van der Waals surface area contributed by atoms with Gasteiger partial charge in [0, 0.05) is 5.75 Å². The molecule has 1 aliphatic heterocycles. The largest absolute Gasteiger partial charge is 0.387 e. The number of halogens is 1. The van der Waals surface area contributed by atoms with Gasteiger partial charge >= 0.3 is 0 Å². The van der Waals surface area contributed by atoms with Gasteiger partial charge in [-0.05, 0) is 34.2 Å². The maximum atomic E-state index is 10.4. The molecule has 3 rings (SSSR count). The van der Waals surface area contributed by atoms with Crippen LogP contribution in [0.4, 0.5) is 5.82 Å². The Labute approximate surface area is 142 Å². The minimum Gasteiger partial charge on any atom is -0.387 e. The van der Waals surface area contributed by atoms with E-state index in [4.69, 9.17) is 10.5 Å². The van der Waals surface area contributed by atoms with Crippen LogP contribution in [0.3, 0.4) is 0 Å². The lowest BCUT2D eigenvalue weighted by Gasteiger charge is -2.27. The molecule has 128 valence electrons. The summed E-state index contributed by atoms with van der Waals surface area (Å²) in [5, 5.41) is 20.8. The van der Waals surface area contributed by atoms with E-state index in [1.807, 2.05) is 0 Å². The SMILES string of the molecule is Cc1nc2c(N)ncnc2n1[C@@H]1O[C@H](CS(C)(C)Br)[C@@H](O)[C@H]1O. The molecule has 1 aliphatic rings. The van der Waals surface area contributed by atoms with Gasteiger partial charge in [-0.3, -0.25) is 4.57 Å². The first-order valence-electron chi connectivity index (χ1n) is 7.06. The zero-order valence-electron chi connectivity index (χ0n) is 13.0. The van der Waals surface area contributed by atoms with Gasteiger partial charge in [-0.1, -0.05) is 0 Å². The summed E-state index contributed by atoms with van der Waals surface area (Å²) in [5.41, 5.74) is 6.77. The molecule has 10 heteroatoms. The van der Waals surface area contributed by atoms with E-state index in [2.05, 4.69) is 42.3 Å². The Kier molecular flexibility index (Phi) is 4.30. The molecule has 0 unspecified atom stereocenters. The van der Waals surface area contributed by atoms with Crippen LogP contribution in [0.5, 0.6) is 0 Å². The van der Waals surface area contributed by atoms with Crippen LogP contribution < -0.4 is 5.73 Å². The quantitative estimate of drug-likeness (QED) is 0.687. The third kappa shape index (κ3) is 3.05. The maximum absolute atomic E-state index is 10.4. The fourth-order valence-corrected chi connectivity index (χ4v) is 4.65. The summed E-state index contributed by atoms with van der Waals surface area (Å²) in [6, 6.07) is 0. The number of aliphatic hydroxyl groups excluding tert-OH is 2. The van der Waals surface area contributed by atoms with Crippen LogP contribution in [0.25, 0.3) is 11.2 Å². The van der Waals surface area contributed by atoms with Crippen molar-refractivity contribution in [1.29, 1.82) is 0 Å². The van der Waals surface area contributed by atoms with Crippen molar-refractivity contribution in [2.75, 3.05) is 24.0 Å². The lowest BCUT2D eigenvalue weighted by atomic mass is 10.1. The fraction of sp³-hybridized carbons (Fsp3) is 0.615. The van der Waals surface area contributed by atoms with Crippen molar-refractivity contribution in [2.24, 2.45) is 0 Å². The third-order valence-corrected chi connectivity index (χ3v) is 5.75. The molecule has 0 spiro atoms. The number of nitrogen functional groups attached to an aromatic ring is 1. The van der Waals surface area contributed by atoms with E-state index in [9.17, 15) is 10.2 Å². The first-order chi connectivity index (χ1) is 10.7. The molecule has 8 nitrogen and oxygen atoms in total. The van der Waals surface area contributed by atoms with E-state index in [1.165, 1.54) is 6.33 Å². The first-order valence-corrected chi connectivity index (χ1v) is 11.5. The molecular weight excluding hydrogens is 386 g/mol. The minimum atomic E-state index is -1.07. The van der Waals surface area contributed by atoms with Gasteiger partial charge in [0.1, 0.15) is 24.4 Å². The zero-order valence-corrected chi connectivity index (χ0v) is 15.5. The summed E-state index contributed by atoms with van der Waals surface area (Å²) in [6.07, 6.45) is 2.21. The Morgan fingerprint density at radius 3 is 2.70 bits per heavy atom. The highest BCUT2D eigenvalue weighted by atomic mass is 79.9. The topological polar surface area (TPSA) is 119 Å². The number of aryl methyl sites for hydroxylation is 1. The fourth-order valence-electron chi connectivity index (χ4n) is 2.81. The summed E-state index contributed by atoms with van der Waals surface area (Å²) in [5.74, 6) is 1.49. The number of nitrogens with two attached hydrogens (primary N) is 1.